The molecular weight excluding hydrogens is 525 g/mol. The third-order valence-electron chi connectivity index (χ3n) is 5.95. The van der Waals surface area contributed by atoms with Crippen molar-refractivity contribution in [2.45, 2.75) is 6.10 Å². The molecule has 3 aromatic heterocycles. The van der Waals surface area contributed by atoms with Gasteiger partial charge >= 0.3 is 6.01 Å². The lowest BCUT2D eigenvalue weighted by molar-refractivity contribution is 0.137. The van der Waals surface area contributed by atoms with E-state index < -0.39 is 5.82 Å². The van der Waals surface area contributed by atoms with E-state index in [1.165, 1.54) is 30.8 Å². The molecule has 0 amide bonds. The first-order chi connectivity index (χ1) is 19.1. The summed E-state index contributed by atoms with van der Waals surface area (Å²) in [4.78, 5) is 21.3. The molecule has 0 unspecified atom stereocenters. The highest BCUT2D eigenvalue weighted by Gasteiger charge is 2.21. The maximum absolute atomic E-state index is 15.1. The van der Waals surface area contributed by atoms with Gasteiger partial charge in [-0.2, -0.15) is 0 Å². The standard InChI is InChI=1S/C26H22FN7O4S/c1-35-22-7-20-17(6-23(22)37-16-10-28-11-16)24(32-13-31-20)33-19-4-3-15(5-18(19)27)38-26-34-21(12-39-26)14-8-29-25(36-2)30-9-14/h3-9,12-13,16,28H,10-11H2,1-2H3,(H,31,32,33). The Morgan fingerprint density at radius 3 is 2.56 bits per heavy atom. The summed E-state index contributed by atoms with van der Waals surface area (Å²) >= 11 is 1.28. The maximum Gasteiger partial charge on any atom is 0.316 e. The average Bonchev–Trinajstić information content (AvgIpc) is 3.40. The van der Waals surface area contributed by atoms with Gasteiger partial charge in [-0.05, 0) is 18.2 Å². The van der Waals surface area contributed by atoms with Crippen LogP contribution in [0.2, 0.25) is 0 Å². The fraction of sp³-hybridized carbons (Fsp3) is 0.192. The van der Waals surface area contributed by atoms with E-state index in [9.17, 15) is 0 Å². The number of hydrogen-bond acceptors (Lipinski definition) is 12. The number of benzene rings is 2. The Hall–Kier alpha value is -4.62. The molecule has 2 N–H and O–H groups in total. The van der Waals surface area contributed by atoms with Crippen LogP contribution >= 0.6 is 11.3 Å². The zero-order valence-corrected chi connectivity index (χ0v) is 21.7. The van der Waals surface area contributed by atoms with Crippen molar-refractivity contribution >= 4 is 33.7 Å². The number of fused-ring (bicyclic) bond motifs is 1. The molecule has 39 heavy (non-hydrogen) atoms. The average molecular weight is 548 g/mol. The van der Waals surface area contributed by atoms with Crippen LogP contribution in [0.3, 0.4) is 0 Å². The van der Waals surface area contributed by atoms with Crippen molar-refractivity contribution in [2.75, 3.05) is 32.6 Å². The molecular formula is C26H22FN7O4S. The van der Waals surface area contributed by atoms with Crippen LogP contribution in [0.4, 0.5) is 15.9 Å². The van der Waals surface area contributed by atoms with Crippen LogP contribution in [0.5, 0.6) is 28.5 Å². The summed E-state index contributed by atoms with van der Waals surface area (Å²) in [5.41, 5.74) is 2.20. The van der Waals surface area contributed by atoms with Gasteiger partial charge in [-0.15, -0.1) is 0 Å². The molecule has 0 atom stereocenters. The molecule has 198 valence electrons. The fourth-order valence-corrected chi connectivity index (χ4v) is 4.52. The molecule has 0 radical (unpaired) electrons. The van der Waals surface area contributed by atoms with Gasteiger partial charge in [-0.1, -0.05) is 11.3 Å². The van der Waals surface area contributed by atoms with Crippen molar-refractivity contribution < 1.29 is 23.3 Å². The number of halogens is 1. The number of methoxy groups -OCH3 is 2. The van der Waals surface area contributed by atoms with E-state index in [1.54, 1.807) is 49.1 Å². The van der Waals surface area contributed by atoms with Crippen molar-refractivity contribution in [3.8, 4) is 39.7 Å². The summed E-state index contributed by atoms with van der Waals surface area (Å²) in [7, 11) is 3.07. The summed E-state index contributed by atoms with van der Waals surface area (Å²) < 4.78 is 37.4. The lowest BCUT2D eigenvalue weighted by atomic mass is 10.2. The molecule has 1 aliphatic heterocycles. The van der Waals surface area contributed by atoms with Crippen molar-refractivity contribution in [3.63, 3.8) is 0 Å². The molecule has 0 bridgehead atoms. The van der Waals surface area contributed by atoms with Crippen LogP contribution in [0, 0.1) is 5.82 Å². The number of nitrogens with one attached hydrogen (secondary N) is 2. The number of nitrogens with zero attached hydrogens (tertiary/aromatic N) is 5. The Labute approximate surface area is 226 Å². The molecule has 1 saturated heterocycles. The Balaban J connectivity index is 1.20. The highest BCUT2D eigenvalue weighted by Crippen LogP contribution is 2.36. The molecule has 0 spiro atoms. The molecule has 1 fully saturated rings. The maximum atomic E-state index is 15.1. The Morgan fingerprint density at radius 1 is 1.00 bits per heavy atom. The number of aromatic nitrogens is 5. The monoisotopic (exact) mass is 547 g/mol. The minimum atomic E-state index is -0.523. The van der Waals surface area contributed by atoms with Crippen molar-refractivity contribution in [1.82, 2.24) is 30.2 Å². The van der Waals surface area contributed by atoms with Crippen molar-refractivity contribution in [3.05, 3.63) is 60.3 Å². The molecule has 6 rings (SSSR count). The molecule has 1 aliphatic rings. The Bertz CT molecular complexity index is 1630. The van der Waals surface area contributed by atoms with E-state index in [0.717, 1.165) is 13.1 Å². The predicted molar refractivity (Wildman–Crippen MR) is 143 cm³/mol. The third kappa shape index (κ3) is 5.22. The molecule has 13 heteroatoms. The van der Waals surface area contributed by atoms with E-state index in [1.807, 2.05) is 0 Å². The lowest BCUT2D eigenvalue weighted by Gasteiger charge is -2.28. The minimum Gasteiger partial charge on any atom is -0.493 e. The summed E-state index contributed by atoms with van der Waals surface area (Å²) in [6.45, 7) is 1.52. The van der Waals surface area contributed by atoms with Gasteiger partial charge in [0, 0.05) is 53.9 Å². The molecule has 2 aromatic carbocycles. The van der Waals surface area contributed by atoms with E-state index in [0.29, 0.717) is 50.4 Å². The van der Waals surface area contributed by atoms with Gasteiger partial charge in [0.1, 0.15) is 29.8 Å². The van der Waals surface area contributed by atoms with E-state index >= 15 is 4.39 Å². The van der Waals surface area contributed by atoms with Crippen molar-refractivity contribution in [1.29, 1.82) is 0 Å². The van der Waals surface area contributed by atoms with Crippen LogP contribution in [0.25, 0.3) is 22.2 Å². The highest BCUT2D eigenvalue weighted by molar-refractivity contribution is 7.11. The van der Waals surface area contributed by atoms with Crippen LogP contribution in [0.15, 0.2) is 54.4 Å². The SMILES string of the molecule is COc1ncc(-c2csc(Oc3ccc(Nc4ncnc5cc(OC)c(OC6CNC6)cc45)c(F)c3)n2)cn1. The Morgan fingerprint density at radius 2 is 1.85 bits per heavy atom. The second-order valence-corrected chi connectivity index (χ2v) is 9.29. The topological polar surface area (TPSA) is 125 Å². The molecule has 4 heterocycles. The number of hydrogen-bond donors (Lipinski definition) is 2. The number of rotatable bonds is 9. The summed E-state index contributed by atoms with van der Waals surface area (Å²) in [6.07, 6.45) is 4.68. The first-order valence-electron chi connectivity index (χ1n) is 11.9. The summed E-state index contributed by atoms with van der Waals surface area (Å²) in [5.74, 6) is 1.34. The molecule has 5 aromatic rings. The molecule has 0 aliphatic carbocycles. The quantitative estimate of drug-likeness (QED) is 0.269. The van der Waals surface area contributed by atoms with Crippen molar-refractivity contribution in [2.24, 2.45) is 0 Å². The van der Waals surface area contributed by atoms with Gasteiger partial charge in [0.15, 0.2) is 11.5 Å². The second-order valence-electron chi connectivity index (χ2n) is 8.47. The van der Waals surface area contributed by atoms with Crippen LogP contribution in [-0.4, -0.2) is 58.3 Å². The van der Waals surface area contributed by atoms with Gasteiger partial charge in [-0.3, -0.25) is 0 Å². The number of thiazole rings is 1. The number of ether oxygens (including phenoxy) is 4. The third-order valence-corrected chi connectivity index (χ3v) is 6.66. The van der Waals surface area contributed by atoms with Gasteiger partial charge in [0.2, 0.25) is 0 Å². The first kappa shape index (κ1) is 24.7. The van der Waals surface area contributed by atoms with E-state index in [2.05, 4.69) is 35.6 Å². The minimum absolute atomic E-state index is 0.0563. The number of anilines is 2. The first-order valence-corrected chi connectivity index (χ1v) is 12.7. The second kappa shape index (κ2) is 10.6. The summed E-state index contributed by atoms with van der Waals surface area (Å²) in [6, 6.07) is 8.35. The van der Waals surface area contributed by atoms with E-state index in [-0.39, 0.29) is 17.8 Å². The van der Waals surface area contributed by atoms with Gasteiger partial charge in [0.05, 0.1) is 31.1 Å². The summed E-state index contributed by atoms with van der Waals surface area (Å²) in [5, 5.41) is 9.06. The van der Waals surface area contributed by atoms with E-state index in [4.69, 9.17) is 18.9 Å². The fourth-order valence-electron chi connectivity index (χ4n) is 3.82. The van der Waals surface area contributed by atoms with Gasteiger partial charge in [-0.25, -0.2) is 29.3 Å². The zero-order chi connectivity index (χ0) is 26.8. The largest absolute Gasteiger partial charge is 0.493 e. The zero-order valence-electron chi connectivity index (χ0n) is 20.8. The normalized spacial score (nSPS) is 13.1. The van der Waals surface area contributed by atoms with Gasteiger partial charge < -0.3 is 29.6 Å². The predicted octanol–water partition coefficient (Wildman–Crippen LogP) is 4.59. The lowest BCUT2D eigenvalue weighted by Crippen LogP contribution is -2.50. The molecule has 0 saturated carbocycles. The smallest absolute Gasteiger partial charge is 0.316 e. The Kier molecular flexibility index (Phi) is 6.73. The van der Waals surface area contributed by atoms with Crippen LogP contribution in [0.1, 0.15) is 0 Å². The van der Waals surface area contributed by atoms with Crippen LogP contribution in [-0.2, 0) is 0 Å². The van der Waals surface area contributed by atoms with Crippen LogP contribution < -0.4 is 29.6 Å². The molecule has 11 nitrogen and oxygen atoms in total. The highest BCUT2D eigenvalue weighted by atomic mass is 32.1. The van der Waals surface area contributed by atoms with Gasteiger partial charge in [0.25, 0.3) is 5.19 Å².